The van der Waals surface area contributed by atoms with Gasteiger partial charge in [-0.15, -0.1) is 0 Å². The molecule has 0 aliphatic heterocycles. The van der Waals surface area contributed by atoms with Crippen molar-refractivity contribution in [3.05, 3.63) is 29.6 Å². The number of aromatic nitrogens is 1. The monoisotopic (exact) mass is 221 g/mol. The number of nitrogens with zero attached hydrogens (tertiary/aromatic N) is 2. The molecule has 0 aromatic carbocycles. The van der Waals surface area contributed by atoms with Gasteiger partial charge in [-0.05, 0) is 31.0 Å². The predicted molar refractivity (Wildman–Crippen MR) is 63.7 cm³/mol. The number of nitrogens with one attached hydrogen (secondary N) is 1. The third kappa shape index (κ3) is 4.32. The van der Waals surface area contributed by atoms with Crippen LogP contribution in [0.15, 0.2) is 18.3 Å². The molecule has 0 fully saturated rings. The molecule has 1 aromatic rings. The van der Waals surface area contributed by atoms with Crippen molar-refractivity contribution >= 4 is 11.8 Å². The van der Waals surface area contributed by atoms with Crippen LogP contribution in [0.2, 0.25) is 0 Å². The minimum atomic E-state index is 0.523. The Morgan fingerprint density at radius 1 is 1.60 bits per heavy atom. The van der Waals surface area contributed by atoms with Gasteiger partial charge in [0.1, 0.15) is 11.8 Å². The van der Waals surface area contributed by atoms with Gasteiger partial charge in [-0.3, -0.25) is 0 Å². The number of pyridine rings is 1. The first-order valence-corrected chi connectivity index (χ1v) is 6.31. The van der Waals surface area contributed by atoms with E-state index in [4.69, 9.17) is 5.26 Å². The summed E-state index contributed by atoms with van der Waals surface area (Å²) < 4.78 is 0. The maximum Gasteiger partial charge on any atom is 0.144 e. The van der Waals surface area contributed by atoms with Gasteiger partial charge in [0.05, 0.1) is 0 Å². The molecule has 0 atom stereocenters. The summed E-state index contributed by atoms with van der Waals surface area (Å²) in [6, 6.07) is 5.89. The predicted octanol–water partition coefficient (Wildman–Crippen LogP) is 1.80. The van der Waals surface area contributed by atoms with Crippen LogP contribution in [0.25, 0.3) is 0 Å². The molecule has 0 saturated carbocycles. The van der Waals surface area contributed by atoms with Crippen molar-refractivity contribution in [1.29, 1.82) is 5.26 Å². The summed E-state index contributed by atoms with van der Waals surface area (Å²) in [5.74, 6) is 1.17. The van der Waals surface area contributed by atoms with Crippen molar-refractivity contribution < 1.29 is 0 Å². The first kappa shape index (κ1) is 12.0. The van der Waals surface area contributed by atoms with E-state index in [1.807, 2.05) is 23.9 Å². The van der Waals surface area contributed by atoms with E-state index in [1.54, 1.807) is 6.20 Å². The molecule has 1 N–H and O–H groups in total. The molecule has 1 aromatic heterocycles. The molecule has 0 spiro atoms. The molecule has 0 unspecified atom stereocenters. The lowest BCUT2D eigenvalue weighted by molar-refractivity contribution is 0.676. The highest BCUT2D eigenvalue weighted by Gasteiger charge is 2.00. The van der Waals surface area contributed by atoms with Gasteiger partial charge >= 0.3 is 0 Å². The zero-order valence-electron chi connectivity index (χ0n) is 8.86. The highest BCUT2D eigenvalue weighted by Crippen LogP contribution is 2.03. The van der Waals surface area contributed by atoms with Crippen molar-refractivity contribution in [3.8, 4) is 6.07 Å². The van der Waals surface area contributed by atoms with Gasteiger partial charge in [0.2, 0.25) is 0 Å². The molecule has 15 heavy (non-hydrogen) atoms. The summed E-state index contributed by atoms with van der Waals surface area (Å²) in [4.78, 5) is 4.01. The Bertz CT molecular complexity index is 333. The molecule has 1 rings (SSSR count). The third-order valence-electron chi connectivity index (χ3n) is 2.01. The maximum absolute atomic E-state index is 8.82. The lowest BCUT2D eigenvalue weighted by Crippen LogP contribution is -2.16. The summed E-state index contributed by atoms with van der Waals surface area (Å²) in [6.45, 7) is 1.71. The minimum absolute atomic E-state index is 0.523. The highest BCUT2D eigenvalue weighted by molar-refractivity contribution is 7.98. The Kier molecular flexibility index (Phi) is 5.83. The van der Waals surface area contributed by atoms with Gasteiger partial charge in [-0.2, -0.15) is 17.0 Å². The minimum Gasteiger partial charge on any atom is -0.313 e. The Labute approximate surface area is 94.9 Å². The molecule has 0 aliphatic rings. The average molecular weight is 221 g/mol. The molecule has 1 heterocycles. The zero-order valence-corrected chi connectivity index (χ0v) is 9.68. The van der Waals surface area contributed by atoms with E-state index in [0.717, 1.165) is 25.1 Å². The Hall–Kier alpha value is -1.05. The van der Waals surface area contributed by atoms with Crippen LogP contribution in [0.3, 0.4) is 0 Å². The number of thioether (sulfide) groups is 1. The van der Waals surface area contributed by atoms with E-state index in [-0.39, 0.29) is 0 Å². The van der Waals surface area contributed by atoms with Crippen molar-refractivity contribution in [2.45, 2.75) is 13.0 Å². The maximum atomic E-state index is 8.82. The molecule has 80 valence electrons. The number of rotatable bonds is 6. The summed E-state index contributed by atoms with van der Waals surface area (Å²) in [5, 5.41) is 12.1. The van der Waals surface area contributed by atoms with Crippen LogP contribution >= 0.6 is 11.8 Å². The number of hydrogen-bond donors (Lipinski definition) is 1. The molecular weight excluding hydrogens is 206 g/mol. The fourth-order valence-electron chi connectivity index (χ4n) is 1.25. The zero-order chi connectivity index (χ0) is 10.9. The SMILES string of the molecule is CSCCCNCc1cccnc1C#N. The second-order valence-electron chi connectivity index (χ2n) is 3.15. The van der Waals surface area contributed by atoms with E-state index in [1.165, 1.54) is 5.75 Å². The summed E-state index contributed by atoms with van der Waals surface area (Å²) >= 11 is 1.85. The first-order valence-electron chi connectivity index (χ1n) is 4.92. The van der Waals surface area contributed by atoms with Gasteiger partial charge in [-0.25, -0.2) is 4.98 Å². The van der Waals surface area contributed by atoms with Crippen molar-refractivity contribution in [2.75, 3.05) is 18.6 Å². The van der Waals surface area contributed by atoms with Crippen molar-refractivity contribution in [1.82, 2.24) is 10.3 Å². The van der Waals surface area contributed by atoms with E-state index >= 15 is 0 Å². The van der Waals surface area contributed by atoms with Crippen LogP contribution in [0, 0.1) is 11.3 Å². The molecule has 0 saturated heterocycles. The van der Waals surface area contributed by atoms with Gasteiger partial charge in [-0.1, -0.05) is 6.07 Å². The molecule has 0 bridgehead atoms. The second-order valence-corrected chi connectivity index (χ2v) is 4.13. The van der Waals surface area contributed by atoms with E-state index in [0.29, 0.717) is 5.69 Å². The molecular formula is C11H15N3S. The summed E-state index contributed by atoms with van der Waals surface area (Å²) in [6.07, 6.45) is 4.91. The molecule has 0 amide bonds. The van der Waals surface area contributed by atoms with Crippen LogP contribution in [0.4, 0.5) is 0 Å². The summed E-state index contributed by atoms with van der Waals surface area (Å²) in [5.41, 5.74) is 1.50. The standard InChI is InChI=1S/C11H15N3S/c1-15-7-3-5-13-9-10-4-2-6-14-11(10)8-12/h2,4,6,13H,3,5,7,9H2,1H3. The smallest absolute Gasteiger partial charge is 0.144 e. The lowest BCUT2D eigenvalue weighted by Gasteiger charge is -2.04. The topological polar surface area (TPSA) is 48.7 Å². The Morgan fingerprint density at radius 2 is 2.47 bits per heavy atom. The average Bonchev–Trinajstić information content (AvgIpc) is 2.29. The quantitative estimate of drug-likeness (QED) is 0.744. The number of nitriles is 1. The van der Waals surface area contributed by atoms with Gasteiger partial charge in [0, 0.05) is 18.3 Å². The normalized spacial score (nSPS) is 9.87. The highest BCUT2D eigenvalue weighted by atomic mass is 32.2. The number of hydrogen-bond acceptors (Lipinski definition) is 4. The largest absolute Gasteiger partial charge is 0.313 e. The molecule has 0 radical (unpaired) electrons. The van der Waals surface area contributed by atoms with Gasteiger partial charge < -0.3 is 5.32 Å². The van der Waals surface area contributed by atoms with Gasteiger partial charge in [0.25, 0.3) is 0 Å². The Balaban J connectivity index is 2.34. The van der Waals surface area contributed by atoms with Crippen LogP contribution in [0.5, 0.6) is 0 Å². The van der Waals surface area contributed by atoms with Crippen molar-refractivity contribution in [2.24, 2.45) is 0 Å². The van der Waals surface area contributed by atoms with Gasteiger partial charge in [0.15, 0.2) is 0 Å². The Morgan fingerprint density at radius 3 is 3.20 bits per heavy atom. The van der Waals surface area contributed by atoms with Crippen LogP contribution in [-0.4, -0.2) is 23.5 Å². The molecule has 3 nitrogen and oxygen atoms in total. The van der Waals surface area contributed by atoms with E-state index in [2.05, 4.69) is 22.6 Å². The van der Waals surface area contributed by atoms with Crippen LogP contribution in [0.1, 0.15) is 17.7 Å². The lowest BCUT2D eigenvalue weighted by atomic mass is 10.2. The third-order valence-corrected chi connectivity index (χ3v) is 2.71. The fourth-order valence-corrected chi connectivity index (χ4v) is 1.68. The molecule has 0 aliphatic carbocycles. The van der Waals surface area contributed by atoms with E-state index in [9.17, 15) is 0 Å². The second kappa shape index (κ2) is 7.27. The molecule has 4 heteroatoms. The fraction of sp³-hybridized carbons (Fsp3) is 0.455. The first-order chi connectivity index (χ1) is 7.38. The van der Waals surface area contributed by atoms with Crippen LogP contribution < -0.4 is 5.32 Å². The van der Waals surface area contributed by atoms with E-state index < -0.39 is 0 Å². The van der Waals surface area contributed by atoms with Crippen molar-refractivity contribution in [3.63, 3.8) is 0 Å². The summed E-state index contributed by atoms with van der Waals surface area (Å²) in [7, 11) is 0. The van der Waals surface area contributed by atoms with Crippen LogP contribution in [-0.2, 0) is 6.54 Å².